The Bertz CT molecular complexity index is 751. The maximum Gasteiger partial charge on any atom is 0.406 e. The number of amides is 1. The number of fused-ring (bicyclic) bond motifs is 1. The van der Waals surface area contributed by atoms with Crippen LogP contribution in [0.5, 0.6) is 0 Å². The smallest absolute Gasteiger partial charge is 0.351 e. The lowest BCUT2D eigenvalue weighted by Crippen LogP contribution is -2.36. The molecule has 1 aromatic heterocycles. The third-order valence-corrected chi connectivity index (χ3v) is 3.12. The van der Waals surface area contributed by atoms with Crippen LogP contribution in [-0.4, -0.2) is 23.2 Å². The monoisotopic (exact) mass is 312 g/mol. The molecule has 2 rings (SSSR count). The second-order valence-corrected chi connectivity index (χ2v) is 4.88. The molecule has 22 heavy (non-hydrogen) atoms. The predicted octanol–water partition coefficient (Wildman–Crippen LogP) is 2.70. The van der Waals surface area contributed by atoms with Crippen LogP contribution in [0, 0.1) is 0 Å². The number of halogens is 3. The Hall–Kier alpha value is -2.31. The largest absolute Gasteiger partial charge is 0.406 e. The highest BCUT2D eigenvalue weighted by Crippen LogP contribution is 2.19. The van der Waals surface area contributed by atoms with E-state index in [1.807, 2.05) is 6.92 Å². The van der Waals surface area contributed by atoms with Crippen LogP contribution in [0.1, 0.15) is 23.8 Å². The Morgan fingerprint density at radius 2 is 1.95 bits per heavy atom. The summed E-state index contributed by atoms with van der Waals surface area (Å²) in [4.78, 5) is 24.4. The number of aromatic nitrogens is 1. The lowest BCUT2D eigenvalue weighted by molar-refractivity contribution is -0.141. The fraction of sp³-hybridized carbons (Fsp3) is 0.333. The van der Waals surface area contributed by atoms with E-state index >= 15 is 0 Å². The van der Waals surface area contributed by atoms with Gasteiger partial charge in [-0.2, -0.15) is 13.2 Å². The van der Waals surface area contributed by atoms with Gasteiger partial charge in [-0.3, -0.25) is 14.2 Å². The average molecular weight is 312 g/mol. The van der Waals surface area contributed by atoms with Gasteiger partial charge < -0.3 is 5.32 Å². The van der Waals surface area contributed by atoms with Crippen molar-refractivity contribution >= 4 is 16.7 Å². The number of hydrogen-bond acceptors (Lipinski definition) is 2. The van der Waals surface area contributed by atoms with E-state index < -0.39 is 24.2 Å². The third-order valence-electron chi connectivity index (χ3n) is 3.12. The van der Waals surface area contributed by atoms with Crippen LogP contribution in [0.3, 0.4) is 0 Å². The molecule has 1 N–H and O–H groups in total. The quantitative estimate of drug-likeness (QED) is 0.944. The van der Waals surface area contributed by atoms with Crippen molar-refractivity contribution in [3.05, 3.63) is 46.4 Å². The van der Waals surface area contributed by atoms with Crippen LogP contribution in [-0.2, 0) is 6.54 Å². The van der Waals surface area contributed by atoms with Gasteiger partial charge in [0.1, 0.15) is 12.2 Å². The molecule has 0 bridgehead atoms. The first-order valence-electron chi connectivity index (χ1n) is 6.81. The van der Waals surface area contributed by atoms with Crippen molar-refractivity contribution in [3.63, 3.8) is 0 Å². The average Bonchev–Trinajstić information content (AvgIpc) is 2.46. The molecule has 118 valence electrons. The number of hydrogen-bond donors (Lipinski definition) is 1. The van der Waals surface area contributed by atoms with Gasteiger partial charge in [-0.05, 0) is 23.9 Å². The molecule has 0 atom stereocenters. The first-order chi connectivity index (χ1) is 10.3. The number of nitrogens with one attached hydrogen (secondary N) is 1. The minimum absolute atomic E-state index is 0.152. The molecular weight excluding hydrogens is 297 g/mol. The molecule has 0 saturated heterocycles. The van der Waals surface area contributed by atoms with Crippen molar-refractivity contribution in [1.29, 1.82) is 0 Å². The van der Waals surface area contributed by atoms with Gasteiger partial charge >= 0.3 is 6.18 Å². The van der Waals surface area contributed by atoms with E-state index in [9.17, 15) is 22.8 Å². The van der Waals surface area contributed by atoms with E-state index in [-0.39, 0.29) is 11.1 Å². The summed E-state index contributed by atoms with van der Waals surface area (Å²) in [6, 6.07) is 7.57. The first kappa shape index (κ1) is 16.1. The molecule has 7 heteroatoms. The number of nitrogens with zero attached hydrogens (tertiary/aromatic N) is 1. The van der Waals surface area contributed by atoms with Gasteiger partial charge in [0.05, 0.1) is 0 Å². The number of carbonyl (C=O) groups excluding carboxylic acids is 1. The van der Waals surface area contributed by atoms with Gasteiger partial charge in [-0.25, -0.2) is 0 Å². The summed E-state index contributed by atoms with van der Waals surface area (Å²) in [7, 11) is 0. The Labute approximate surface area is 124 Å². The van der Waals surface area contributed by atoms with Crippen LogP contribution in [0.2, 0.25) is 0 Å². The minimum Gasteiger partial charge on any atom is -0.351 e. The second kappa shape index (κ2) is 6.21. The van der Waals surface area contributed by atoms with Gasteiger partial charge in [0.15, 0.2) is 0 Å². The zero-order valence-electron chi connectivity index (χ0n) is 11.9. The van der Waals surface area contributed by atoms with Crippen LogP contribution in [0.4, 0.5) is 13.2 Å². The van der Waals surface area contributed by atoms with Gasteiger partial charge in [0.25, 0.3) is 11.5 Å². The van der Waals surface area contributed by atoms with Crippen LogP contribution in [0.15, 0.2) is 35.1 Å². The van der Waals surface area contributed by atoms with Crippen molar-refractivity contribution in [2.45, 2.75) is 26.1 Å². The van der Waals surface area contributed by atoms with Crippen LogP contribution >= 0.6 is 0 Å². The topological polar surface area (TPSA) is 51.1 Å². The molecule has 0 spiro atoms. The molecule has 0 unspecified atom stereocenters. The van der Waals surface area contributed by atoms with E-state index in [2.05, 4.69) is 5.32 Å². The molecule has 1 aromatic carbocycles. The van der Waals surface area contributed by atoms with E-state index in [1.165, 1.54) is 12.1 Å². The van der Waals surface area contributed by atoms with Crippen molar-refractivity contribution in [3.8, 4) is 0 Å². The highest BCUT2D eigenvalue weighted by atomic mass is 19.4. The fourth-order valence-corrected chi connectivity index (χ4v) is 2.15. The molecule has 2 aromatic rings. The van der Waals surface area contributed by atoms with Crippen molar-refractivity contribution in [2.75, 3.05) is 6.54 Å². The molecule has 1 amide bonds. The predicted molar refractivity (Wildman–Crippen MR) is 76.9 cm³/mol. The summed E-state index contributed by atoms with van der Waals surface area (Å²) in [5.41, 5.74) is -1.11. The lowest BCUT2D eigenvalue weighted by atomic mass is 10.1. The zero-order valence-corrected chi connectivity index (χ0v) is 11.9. The maximum atomic E-state index is 12.7. The minimum atomic E-state index is -4.59. The molecule has 0 aliphatic carbocycles. The van der Waals surface area contributed by atoms with E-state index in [0.29, 0.717) is 22.9 Å². The number of benzene rings is 1. The molecule has 0 aliphatic rings. The van der Waals surface area contributed by atoms with Gasteiger partial charge in [-0.1, -0.05) is 25.1 Å². The third kappa shape index (κ3) is 3.47. The summed E-state index contributed by atoms with van der Waals surface area (Å²) in [5, 5.41) is 3.09. The highest BCUT2D eigenvalue weighted by molar-refractivity contribution is 5.96. The maximum absolute atomic E-state index is 12.7. The number of alkyl halides is 3. The van der Waals surface area contributed by atoms with Crippen LogP contribution in [0.25, 0.3) is 10.8 Å². The van der Waals surface area contributed by atoms with E-state index in [4.69, 9.17) is 0 Å². The molecule has 0 radical (unpaired) electrons. The van der Waals surface area contributed by atoms with Gasteiger partial charge in [0, 0.05) is 11.9 Å². The summed E-state index contributed by atoms with van der Waals surface area (Å²) in [5.74, 6) is -0.686. The van der Waals surface area contributed by atoms with Crippen LogP contribution < -0.4 is 10.9 Å². The molecule has 0 saturated carbocycles. The Kier molecular flexibility index (Phi) is 4.54. The number of carbonyl (C=O) groups is 1. The zero-order chi connectivity index (χ0) is 16.3. The Balaban J connectivity index is 2.63. The van der Waals surface area contributed by atoms with Crippen molar-refractivity contribution in [1.82, 2.24) is 9.88 Å². The normalized spacial score (nSPS) is 11.6. The summed E-state index contributed by atoms with van der Waals surface area (Å²) in [6.07, 6.45) is -3.95. The van der Waals surface area contributed by atoms with Gasteiger partial charge in [0.2, 0.25) is 0 Å². The highest BCUT2D eigenvalue weighted by Gasteiger charge is 2.31. The number of rotatable bonds is 4. The first-order valence-corrected chi connectivity index (χ1v) is 6.81. The standard InChI is InChI=1S/C15H15F3N2O2/c1-2-7-19-13(21)12-8-10-5-3-4-6-11(10)14(22)20(12)9-15(16,17)18/h3-6,8H,2,7,9H2,1H3,(H,19,21). The van der Waals surface area contributed by atoms with Crippen molar-refractivity contribution in [2.24, 2.45) is 0 Å². The summed E-state index contributed by atoms with van der Waals surface area (Å²) in [6.45, 7) is 0.654. The Morgan fingerprint density at radius 1 is 1.27 bits per heavy atom. The molecular formula is C15H15F3N2O2. The van der Waals surface area contributed by atoms with E-state index in [0.717, 1.165) is 0 Å². The Morgan fingerprint density at radius 3 is 2.59 bits per heavy atom. The summed E-state index contributed by atoms with van der Waals surface area (Å²) < 4.78 is 38.7. The molecule has 1 heterocycles. The van der Waals surface area contributed by atoms with E-state index in [1.54, 1.807) is 18.2 Å². The summed E-state index contributed by atoms with van der Waals surface area (Å²) >= 11 is 0. The second-order valence-electron chi connectivity index (χ2n) is 4.88. The lowest BCUT2D eigenvalue weighted by Gasteiger charge is -2.15. The SMILES string of the molecule is CCCNC(=O)c1cc2ccccc2c(=O)n1CC(F)(F)F. The fourth-order valence-electron chi connectivity index (χ4n) is 2.15. The van der Waals surface area contributed by atoms with Crippen molar-refractivity contribution < 1.29 is 18.0 Å². The molecule has 4 nitrogen and oxygen atoms in total. The molecule has 0 fully saturated rings. The number of pyridine rings is 1. The van der Waals surface area contributed by atoms with Gasteiger partial charge in [-0.15, -0.1) is 0 Å². The molecule has 0 aliphatic heterocycles.